The zero-order chi connectivity index (χ0) is 25.9. The SMILES string of the molecule is CCCCC/C=C\C/C=C\CCCCCCCCOCC(COCCCCCCCC)N1CCC1I. The first-order valence-corrected chi connectivity index (χ1v) is 16.9. The van der Waals surface area contributed by atoms with E-state index in [1.54, 1.807) is 0 Å². The molecule has 0 aromatic heterocycles. The van der Waals surface area contributed by atoms with Gasteiger partial charge in [-0.05, 0) is 51.4 Å². The van der Waals surface area contributed by atoms with Crippen LogP contribution in [0.4, 0.5) is 0 Å². The summed E-state index contributed by atoms with van der Waals surface area (Å²) in [6, 6.07) is 0.436. The highest BCUT2D eigenvalue weighted by Crippen LogP contribution is 2.26. The Morgan fingerprint density at radius 2 is 1.14 bits per heavy atom. The molecule has 1 rings (SSSR count). The fourth-order valence-corrected chi connectivity index (χ4v) is 5.65. The number of allylic oxidation sites excluding steroid dienone is 4. The van der Waals surface area contributed by atoms with E-state index >= 15 is 0 Å². The molecule has 0 amide bonds. The van der Waals surface area contributed by atoms with Gasteiger partial charge in [0.15, 0.2) is 0 Å². The fraction of sp³-hybridized carbons (Fsp3) is 0.875. The molecule has 2 atom stereocenters. The van der Waals surface area contributed by atoms with Gasteiger partial charge in [0, 0.05) is 19.8 Å². The van der Waals surface area contributed by atoms with Gasteiger partial charge in [-0.1, -0.05) is 131 Å². The predicted octanol–water partition coefficient (Wildman–Crippen LogP) is 10.0. The standard InChI is InChI=1S/C32H60INO2/c1-3-5-7-9-11-12-13-14-15-16-17-18-19-20-22-24-28-36-30-31(34-26-25-32(34)33)29-35-27-23-21-10-8-6-4-2/h11-12,14-15,31-32H,3-10,13,16-30H2,1-2H3/b12-11-,15-14-. The van der Waals surface area contributed by atoms with Crippen LogP contribution in [-0.2, 0) is 9.47 Å². The van der Waals surface area contributed by atoms with Gasteiger partial charge in [-0.15, -0.1) is 0 Å². The largest absolute Gasteiger partial charge is 0.380 e. The van der Waals surface area contributed by atoms with Crippen molar-refractivity contribution in [1.29, 1.82) is 0 Å². The highest BCUT2D eigenvalue weighted by Gasteiger charge is 2.32. The smallest absolute Gasteiger partial charge is 0.0644 e. The van der Waals surface area contributed by atoms with E-state index < -0.39 is 0 Å². The van der Waals surface area contributed by atoms with Crippen molar-refractivity contribution in [1.82, 2.24) is 4.90 Å². The number of ether oxygens (including phenoxy) is 2. The fourth-order valence-electron chi connectivity index (χ4n) is 4.64. The summed E-state index contributed by atoms with van der Waals surface area (Å²) < 4.78 is 12.8. The molecule has 0 saturated carbocycles. The van der Waals surface area contributed by atoms with Gasteiger partial charge in [0.25, 0.3) is 0 Å². The van der Waals surface area contributed by atoms with E-state index in [-0.39, 0.29) is 0 Å². The second-order valence-electron chi connectivity index (χ2n) is 10.6. The van der Waals surface area contributed by atoms with Crippen molar-refractivity contribution in [3.63, 3.8) is 0 Å². The maximum atomic E-state index is 6.10. The molecule has 0 N–H and O–H groups in total. The van der Waals surface area contributed by atoms with E-state index in [2.05, 4.69) is 65.6 Å². The molecule has 2 unspecified atom stereocenters. The zero-order valence-electron chi connectivity index (χ0n) is 24.1. The van der Waals surface area contributed by atoms with Gasteiger partial charge < -0.3 is 9.47 Å². The summed E-state index contributed by atoms with van der Waals surface area (Å²) >= 11 is 2.57. The Bertz CT molecular complexity index is 510. The Kier molecular flexibility index (Phi) is 25.3. The summed E-state index contributed by atoms with van der Waals surface area (Å²) in [7, 11) is 0. The molecule has 1 aliphatic heterocycles. The normalized spacial score (nSPS) is 17.4. The molecule has 0 spiro atoms. The number of hydrogen-bond acceptors (Lipinski definition) is 3. The molecule has 0 aromatic carbocycles. The van der Waals surface area contributed by atoms with Crippen LogP contribution in [0.1, 0.15) is 136 Å². The molecule has 36 heavy (non-hydrogen) atoms. The van der Waals surface area contributed by atoms with E-state index in [1.807, 2.05) is 0 Å². The van der Waals surface area contributed by atoms with Gasteiger partial charge in [0.05, 0.1) is 23.3 Å². The number of unbranched alkanes of at least 4 members (excludes halogenated alkanes) is 14. The first-order chi connectivity index (χ1) is 17.8. The summed E-state index contributed by atoms with van der Waals surface area (Å²) in [4.78, 5) is 2.57. The zero-order valence-corrected chi connectivity index (χ0v) is 26.2. The maximum absolute atomic E-state index is 6.10. The topological polar surface area (TPSA) is 21.7 Å². The molecule has 0 radical (unpaired) electrons. The molecule has 212 valence electrons. The molecule has 1 heterocycles. The monoisotopic (exact) mass is 617 g/mol. The average molecular weight is 618 g/mol. The van der Waals surface area contributed by atoms with Crippen LogP contribution in [0, 0.1) is 0 Å². The summed E-state index contributed by atoms with van der Waals surface area (Å²) in [5.74, 6) is 0. The van der Waals surface area contributed by atoms with Crippen LogP contribution in [-0.4, -0.2) is 48.0 Å². The second-order valence-corrected chi connectivity index (χ2v) is 12.1. The molecule has 3 nitrogen and oxygen atoms in total. The van der Waals surface area contributed by atoms with E-state index in [4.69, 9.17) is 9.47 Å². The molecule has 1 aliphatic rings. The van der Waals surface area contributed by atoms with Crippen molar-refractivity contribution in [3.8, 4) is 0 Å². The summed E-state index contributed by atoms with van der Waals surface area (Å²) in [5, 5.41) is 0. The highest BCUT2D eigenvalue weighted by atomic mass is 127. The first-order valence-electron chi connectivity index (χ1n) is 15.6. The molecule has 0 aromatic rings. The minimum atomic E-state index is 0.436. The van der Waals surface area contributed by atoms with E-state index in [1.165, 1.54) is 122 Å². The van der Waals surface area contributed by atoms with Crippen LogP contribution < -0.4 is 0 Å². The lowest BCUT2D eigenvalue weighted by atomic mass is 10.1. The van der Waals surface area contributed by atoms with Crippen LogP contribution >= 0.6 is 22.6 Å². The highest BCUT2D eigenvalue weighted by molar-refractivity contribution is 14.1. The van der Waals surface area contributed by atoms with Gasteiger partial charge >= 0.3 is 0 Å². The van der Waals surface area contributed by atoms with Gasteiger partial charge in [-0.2, -0.15) is 0 Å². The number of nitrogens with zero attached hydrogens (tertiary/aromatic N) is 1. The van der Waals surface area contributed by atoms with E-state index in [0.717, 1.165) is 32.8 Å². The van der Waals surface area contributed by atoms with Crippen LogP contribution in [0.25, 0.3) is 0 Å². The van der Waals surface area contributed by atoms with E-state index in [0.29, 0.717) is 10.1 Å². The van der Waals surface area contributed by atoms with Crippen LogP contribution in [0.2, 0.25) is 0 Å². The second kappa shape index (κ2) is 26.7. The average Bonchev–Trinajstić information content (AvgIpc) is 2.88. The lowest BCUT2D eigenvalue weighted by molar-refractivity contribution is -0.0231. The van der Waals surface area contributed by atoms with Crippen molar-refractivity contribution in [2.24, 2.45) is 0 Å². The third-order valence-corrected chi connectivity index (χ3v) is 8.54. The number of halogens is 1. The number of alkyl halides is 1. The summed E-state index contributed by atoms with van der Waals surface area (Å²) in [5.41, 5.74) is 0. The Morgan fingerprint density at radius 3 is 1.64 bits per heavy atom. The molecular weight excluding hydrogens is 557 g/mol. The number of rotatable bonds is 27. The maximum Gasteiger partial charge on any atom is 0.0644 e. The van der Waals surface area contributed by atoms with Gasteiger partial charge in [-0.3, -0.25) is 4.90 Å². The van der Waals surface area contributed by atoms with Crippen molar-refractivity contribution in [3.05, 3.63) is 24.3 Å². The van der Waals surface area contributed by atoms with Crippen LogP contribution in [0.15, 0.2) is 24.3 Å². The molecule has 1 saturated heterocycles. The van der Waals surface area contributed by atoms with Crippen molar-refractivity contribution >= 4 is 22.6 Å². The molecule has 4 heteroatoms. The Labute approximate surface area is 239 Å². The Hall–Kier alpha value is 0.0900. The minimum absolute atomic E-state index is 0.436. The first kappa shape index (κ1) is 34.1. The Balaban J connectivity index is 1.93. The van der Waals surface area contributed by atoms with Crippen LogP contribution in [0.3, 0.4) is 0 Å². The number of likely N-dealkylation sites (tertiary alicyclic amines) is 1. The van der Waals surface area contributed by atoms with Gasteiger partial charge in [-0.25, -0.2) is 0 Å². The molecular formula is C32H60INO2. The van der Waals surface area contributed by atoms with Crippen molar-refractivity contribution in [2.75, 3.05) is 33.0 Å². The minimum Gasteiger partial charge on any atom is -0.380 e. The quantitative estimate of drug-likeness (QED) is 0.0301. The van der Waals surface area contributed by atoms with Crippen molar-refractivity contribution in [2.45, 2.75) is 146 Å². The van der Waals surface area contributed by atoms with Gasteiger partial charge in [0.1, 0.15) is 0 Å². The molecule has 1 fully saturated rings. The van der Waals surface area contributed by atoms with Crippen LogP contribution in [0.5, 0.6) is 0 Å². The third-order valence-electron chi connectivity index (χ3n) is 7.21. The predicted molar refractivity (Wildman–Crippen MR) is 167 cm³/mol. The lowest BCUT2D eigenvalue weighted by Crippen LogP contribution is -2.53. The Morgan fingerprint density at radius 1 is 0.667 bits per heavy atom. The van der Waals surface area contributed by atoms with E-state index in [9.17, 15) is 0 Å². The summed E-state index contributed by atoms with van der Waals surface area (Å²) in [6.07, 6.45) is 34.2. The third kappa shape index (κ3) is 20.1. The van der Waals surface area contributed by atoms with Crippen molar-refractivity contribution < 1.29 is 9.47 Å². The number of hydrogen-bond donors (Lipinski definition) is 0. The molecule has 0 bridgehead atoms. The van der Waals surface area contributed by atoms with Gasteiger partial charge in [0.2, 0.25) is 0 Å². The lowest BCUT2D eigenvalue weighted by Gasteiger charge is -2.42. The summed E-state index contributed by atoms with van der Waals surface area (Å²) in [6.45, 7) is 9.22. The molecule has 0 aliphatic carbocycles.